The molecule has 1 aliphatic rings. The number of aromatic nitrogens is 1. The van der Waals surface area contributed by atoms with E-state index in [-0.39, 0.29) is 36.4 Å². The van der Waals surface area contributed by atoms with Crippen molar-refractivity contribution in [3.63, 3.8) is 0 Å². The Morgan fingerprint density at radius 2 is 2.11 bits per heavy atom. The minimum Gasteiger partial charge on any atom is -0.341 e. The van der Waals surface area contributed by atoms with Crippen LogP contribution < -0.4 is 0 Å². The molecular weight excluding hydrogens is 388 g/mol. The lowest BCUT2D eigenvalue weighted by Crippen LogP contribution is -2.37. The Morgan fingerprint density at radius 3 is 2.82 bits per heavy atom. The summed E-state index contributed by atoms with van der Waals surface area (Å²) >= 11 is 5.76. The van der Waals surface area contributed by atoms with Gasteiger partial charge in [-0.15, -0.1) is 0 Å². The predicted molar refractivity (Wildman–Crippen MR) is 100 cm³/mol. The number of nitrogens with zero attached hydrogens (tertiary/aromatic N) is 3. The molecule has 1 aliphatic heterocycles. The van der Waals surface area contributed by atoms with Gasteiger partial charge in [-0.2, -0.15) is 0 Å². The fraction of sp³-hybridized carbons (Fsp3) is 0.350. The number of amides is 2. The van der Waals surface area contributed by atoms with Crippen LogP contribution in [0.25, 0.3) is 0 Å². The molecule has 28 heavy (non-hydrogen) atoms. The molecule has 1 fully saturated rings. The molecule has 0 bridgehead atoms. The molecular formula is C20H20ClF2N3O2. The third-order valence-electron chi connectivity index (χ3n) is 4.87. The molecule has 8 heteroatoms. The lowest BCUT2D eigenvalue weighted by Gasteiger charge is -2.27. The molecule has 2 aromatic rings. The molecule has 1 atom stereocenters. The zero-order valence-electron chi connectivity index (χ0n) is 15.4. The van der Waals surface area contributed by atoms with E-state index in [1.165, 1.54) is 17.0 Å². The molecule has 1 aromatic heterocycles. The van der Waals surface area contributed by atoms with Crippen LogP contribution in [0.15, 0.2) is 36.5 Å². The number of hydrogen-bond donors (Lipinski definition) is 0. The summed E-state index contributed by atoms with van der Waals surface area (Å²) in [5.41, 5.74) is 0.940. The molecule has 5 nitrogen and oxygen atoms in total. The van der Waals surface area contributed by atoms with E-state index in [4.69, 9.17) is 11.6 Å². The van der Waals surface area contributed by atoms with Gasteiger partial charge in [-0.1, -0.05) is 29.8 Å². The first-order valence-corrected chi connectivity index (χ1v) is 9.29. The Hall–Kier alpha value is -2.54. The van der Waals surface area contributed by atoms with Crippen LogP contribution in [-0.2, 0) is 22.7 Å². The third kappa shape index (κ3) is 4.65. The Kier molecular flexibility index (Phi) is 6.24. The van der Waals surface area contributed by atoms with Gasteiger partial charge in [-0.25, -0.2) is 13.8 Å². The van der Waals surface area contributed by atoms with Crippen LogP contribution in [0, 0.1) is 11.6 Å². The highest BCUT2D eigenvalue weighted by Crippen LogP contribution is 2.26. The maximum atomic E-state index is 14.0. The number of likely N-dealkylation sites (tertiary alicyclic amines) is 1. The SMILES string of the molecule is CN(Cc1ccc(Cl)nc1)C(=O)CC1CCC(=O)N1Cc1cccc(F)c1F. The van der Waals surface area contributed by atoms with Crippen LogP contribution in [0.3, 0.4) is 0 Å². The van der Waals surface area contributed by atoms with Gasteiger partial charge in [0.2, 0.25) is 11.8 Å². The van der Waals surface area contributed by atoms with Gasteiger partial charge in [0.05, 0.1) is 0 Å². The summed E-state index contributed by atoms with van der Waals surface area (Å²) < 4.78 is 27.4. The molecule has 1 unspecified atom stereocenters. The largest absolute Gasteiger partial charge is 0.341 e. The molecule has 0 N–H and O–H groups in total. The van der Waals surface area contributed by atoms with Gasteiger partial charge in [0, 0.05) is 50.8 Å². The van der Waals surface area contributed by atoms with Crippen LogP contribution in [0.1, 0.15) is 30.4 Å². The van der Waals surface area contributed by atoms with E-state index >= 15 is 0 Å². The van der Waals surface area contributed by atoms with E-state index in [1.807, 2.05) is 0 Å². The predicted octanol–water partition coefficient (Wildman–Crippen LogP) is 3.55. The summed E-state index contributed by atoms with van der Waals surface area (Å²) in [4.78, 5) is 31.8. The van der Waals surface area contributed by atoms with Crippen LogP contribution in [0.2, 0.25) is 5.15 Å². The lowest BCUT2D eigenvalue weighted by molar-refractivity contribution is -0.133. The minimum atomic E-state index is -0.959. The summed E-state index contributed by atoms with van der Waals surface area (Å²) in [5.74, 6) is -2.21. The Morgan fingerprint density at radius 1 is 1.32 bits per heavy atom. The van der Waals surface area contributed by atoms with Crippen molar-refractivity contribution in [2.75, 3.05) is 7.05 Å². The quantitative estimate of drug-likeness (QED) is 0.688. The fourth-order valence-electron chi connectivity index (χ4n) is 3.30. The van der Waals surface area contributed by atoms with Crippen LogP contribution >= 0.6 is 11.6 Å². The van der Waals surface area contributed by atoms with Gasteiger partial charge in [-0.05, 0) is 24.1 Å². The van der Waals surface area contributed by atoms with Crippen molar-refractivity contribution in [2.45, 2.75) is 38.4 Å². The highest BCUT2D eigenvalue weighted by Gasteiger charge is 2.33. The Balaban J connectivity index is 1.64. The number of halogens is 3. The summed E-state index contributed by atoms with van der Waals surface area (Å²) in [7, 11) is 1.67. The van der Waals surface area contributed by atoms with Gasteiger partial charge >= 0.3 is 0 Å². The number of pyridine rings is 1. The molecule has 0 spiro atoms. The second-order valence-corrected chi connectivity index (χ2v) is 7.26. The smallest absolute Gasteiger partial charge is 0.224 e. The Labute approximate surface area is 166 Å². The monoisotopic (exact) mass is 407 g/mol. The highest BCUT2D eigenvalue weighted by atomic mass is 35.5. The number of carbonyl (C=O) groups is 2. The van der Waals surface area contributed by atoms with E-state index in [9.17, 15) is 18.4 Å². The molecule has 2 heterocycles. The van der Waals surface area contributed by atoms with Crippen molar-refractivity contribution in [1.29, 1.82) is 0 Å². The second-order valence-electron chi connectivity index (χ2n) is 6.87. The summed E-state index contributed by atoms with van der Waals surface area (Å²) in [6, 6.07) is 6.99. The van der Waals surface area contributed by atoms with Crippen molar-refractivity contribution < 1.29 is 18.4 Å². The number of rotatable bonds is 6. The molecule has 0 radical (unpaired) electrons. The van der Waals surface area contributed by atoms with Crippen molar-refractivity contribution in [3.05, 3.63) is 64.4 Å². The molecule has 1 saturated heterocycles. The van der Waals surface area contributed by atoms with E-state index in [0.29, 0.717) is 24.5 Å². The molecule has 0 aliphatic carbocycles. The zero-order valence-corrected chi connectivity index (χ0v) is 16.1. The summed E-state index contributed by atoms with van der Waals surface area (Å²) in [5, 5.41) is 0.377. The maximum absolute atomic E-state index is 14.0. The number of benzene rings is 1. The van der Waals surface area contributed by atoms with Crippen LogP contribution in [0.5, 0.6) is 0 Å². The highest BCUT2D eigenvalue weighted by molar-refractivity contribution is 6.29. The first kappa shape index (κ1) is 20.2. The van der Waals surface area contributed by atoms with E-state index in [2.05, 4.69) is 4.98 Å². The van der Waals surface area contributed by atoms with Crippen molar-refractivity contribution in [3.8, 4) is 0 Å². The van der Waals surface area contributed by atoms with Crippen molar-refractivity contribution in [1.82, 2.24) is 14.8 Å². The topological polar surface area (TPSA) is 53.5 Å². The number of hydrogen-bond acceptors (Lipinski definition) is 3. The second kappa shape index (κ2) is 8.65. The van der Waals surface area contributed by atoms with Gasteiger partial charge < -0.3 is 9.80 Å². The Bertz CT molecular complexity index is 876. The molecule has 1 aromatic carbocycles. The standard InChI is InChI=1S/C20H20ClF2N3O2/c1-25(11-13-5-7-17(21)24-10-13)19(28)9-15-6-8-18(27)26(15)12-14-3-2-4-16(22)20(14)23/h2-5,7,10,15H,6,8-9,11-12H2,1H3. The first-order chi connectivity index (χ1) is 13.3. The minimum absolute atomic E-state index is 0.0504. The van der Waals surface area contributed by atoms with Gasteiger partial charge in [-0.3, -0.25) is 9.59 Å². The normalized spacial score (nSPS) is 16.5. The zero-order chi connectivity index (χ0) is 20.3. The van der Waals surface area contributed by atoms with Gasteiger partial charge in [0.1, 0.15) is 5.15 Å². The summed E-state index contributed by atoms with van der Waals surface area (Å²) in [6.07, 6.45) is 2.53. The van der Waals surface area contributed by atoms with Gasteiger partial charge in [0.15, 0.2) is 11.6 Å². The van der Waals surface area contributed by atoms with Crippen LogP contribution in [-0.4, -0.2) is 39.7 Å². The lowest BCUT2D eigenvalue weighted by atomic mass is 10.1. The third-order valence-corrected chi connectivity index (χ3v) is 5.09. The van der Waals surface area contributed by atoms with Crippen molar-refractivity contribution >= 4 is 23.4 Å². The first-order valence-electron chi connectivity index (χ1n) is 8.92. The van der Waals surface area contributed by atoms with E-state index in [0.717, 1.165) is 11.6 Å². The maximum Gasteiger partial charge on any atom is 0.224 e. The fourth-order valence-corrected chi connectivity index (χ4v) is 3.41. The average Bonchev–Trinajstić information content (AvgIpc) is 3.00. The van der Waals surface area contributed by atoms with Crippen LogP contribution in [0.4, 0.5) is 8.78 Å². The van der Waals surface area contributed by atoms with Crippen molar-refractivity contribution in [2.24, 2.45) is 0 Å². The van der Waals surface area contributed by atoms with E-state index < -0.39 is 11.6 Å². The molecule has 2 amide bonds. The molecule has 0 saturated carbocycles. The number of carbonyl (C=O) groups excluding carboxylic acids is 2. The molecule has 3 rings (SSSR count). The van der Waals surface area contributed by atoms with E-state index in [1.54, 1.807) is 30.3 Å². The molecule has 148 valence electrons. The summed E-state index contributed by atoms with van der Waals surface area (Å²) in [6.45, 7) is 0.313. The van der Waals surface area contributed by atoms with Gasteiger partial charge in [0.25, 0.3) is 0 Å². The average molecular weight is 408 g/mol.